The lowest BCUT2D eigenvalue weighted by molar-refractivity contribution is 0.0535. The lowest BCUT2D eigenvalue weighted by atomic mass is 10.1. The van der Waals surface area contributed by atoms with Crippen LogP contribution >= 0.6 is 0 Å². The highest BCUT2D eigenvalue weighted by Crippen LogP contribution is 2.16. The molecule has 1 saturated heterocycles. The molecule has 1 aliphatic rings. The Morgan fingerprint density at radius 2 is 1.06 bits per heavy atom. The smallest absolute Gasteiger partial charge is 0.253 e. The molecule has 0 spiro atoms. The van der Waals surface area contributed by atoms with Crippen LogP contribution in [-0.2, 0) is 6.61 Å². The molecular weight excluding hydrogens is 400 g/mol. The number of benzene rings is 3. The maximum Gasteiger partial charge on any atom is 0.253 e. The second-order valence-electron chi connectivity index (χ2n) is 8.25. The Morgan fingerprint density at radius 3 is 1.53 bits per heavy atom. The van der Waals surface area contributed by atoms with Crippen LogP contribution in [0.15, 0.2) is 72.8 Å². The Hall–Kier alpha value is -3.60. The molecule has 0 unspecified atom stereocenters. The van der Waals surface area contributed by atoms with Gasteiger partial charge in [-0.25, -0.2) is 0 Å². The zero-order valence-electron chi connectivity index (χ0n) is 18.6. The van der Waals surface area contributed by atoms with Gasteiger partial charge in [0.05, 0.1) is 0 Å². The number of nitrogens with zero attached hydrogens (tertiary/aromatic N) is 2. The van der Waals surface area contributed by atoms with Crippen molar-refractivity contribution in [2.45, 2.75) is 20.5 Å². The van der Waals surface area contributed by atoms with Gasteiger partial charge < -0.3 is 14.5 Å². The van der Waals surface area contributed by atoms with Crippen molar-refractivity contribution in [1.82, 2.24) is 9.80 Å². The maximum absolute atomic E-state index is 12.9. The summed E-state index contributed by atoms with van der Waals surface area (Å²) in [6.07, 6.45) is 0. The topological polar surface area (TPSA) is 49.9 Å². The van der Waals surface area contributed by atoms with Crippen LogP contribution in [0.2, 0.25) is 0 Å². The monoisotopic (exact) mass is 428 g/mol. The second kappa shape index (κ2) is 9.69. The van der Waals surface area contributed by atoms with E-state index in [1.165, 1.54) is 5.56 Å². The normalized spacial score (nSPS) is 13.7. The molecule has 0 radical (unpaired) electrons. The third-order valence-electron chi connectivity index (χ3n) is 5.78. The molecule has 3 aromatic carbocycles. The number of rotatable bonds is 5. The standard InChI is InChI=1S/C27H28N2O3/c1-20-3-9-23(10-4-20)26(30)28-15-17-29(18-16-28)27(31)24-11-7-22(8-12-24)19-32-25-13-5-21(2)6-14-25/h3-14H,15-19H2,1-2H3. The van der Waals surface area contributed by atoms with Gasteiger partial charge in [0, 0.05) is 37.3 Å². The van der Waals surface area contributed by atoms with E-state index in [1.807, 2.05) is 96.4 Å². The molecular formula is C27H28N2O3. The van der Waals surface area contributed by atoms with Gasteiger partial charge in [-0.3, -0.25) is 9.59 Å². The van der Waals surface area contributed by atoms with E-state index in [2.05, 4.69) is 0 Å². The molecule has 0 saturated carbocycles. The number of carbonyl (C=O) groups is 2. The first-order valence-corrected chi connectivity index (χ1v) is 10.9. The number of amides is 2. The van der Waals surface area contributed by atoms with E-state index in [1.54, 1.807) is 0 Å². The minimum absolute atomic E-state index is 0.00145. The fraction of sp³-hybridized carbons (Fsp3) is 0.259. The minimum atomic E-state index is -0.00145. The van der Waals surface area contributed by atoms with Gasteiger partial charge in [-0.1, -0.05) is 47.5 Å². The van der Waals surface area contributed by atoms with Crippen molar-refractivity contribution < 1.29 is 14.3 Å². The highest BCUT2D eigenvalue weighted by atomic mass is 16.5. The molecule has 2 amide bonds. The molecule has 4 rings (SSSR count). The number of hydrogen-bond donors (Lipinski definition) is 0. The molecule has 1 heterocycles. The van der Waals surface area contributed by atoms with Gasteiger partial charge in [0.2, 0.25) is 0 Å². The van der Waals surface area contributed by atoms with Crippen LogP contribution < -0.4 is 4.74 Å². The molecule has 0 aliphatic carbocycles. The molecule has 164 valence electrons. The van der Waals surface area contributed by atoms with Crippen LogP contribution in [0.5, 0.6) is 5.75 Å². The summed E-state index contributed by atoms with van der Waals surface area (Å²) in [7, 11) is 0. The molecule has 5 heteroatoms. The van der Waals surface area contributed by atoms with Gasteiger partial charge in [0.15, 0.2) is 0 Å². The van der Waals surface area contributed by atoms with Gasteiger partial charge in [-0.05, 0) is 55.8 Å². The number of aryl methyl sites for hydroxylation is 2. The third kappa shape index (κ3) is 5.17. The average molecular weight is 429 g/mol. The molecule has 1 fully saturated rings. The van der Waals surface area contributed by atoms with Crippen LogP contribution in [0.1, 0.15) is 37.4 Å². The Labute approximate surface area is 189 Å². The van der Waals surface area contributed by atoms with Crippen LogP contribution in [0.3, 0.4) is 0 Å². The molecule has 1 aliphatic heterocycles. The van der Waals surface area contributed by atoms with Gasteiger partial charge >= 0.3 is 0 Å². The first-order valence-electron chi connectivity index (χ1n) is 10.9. The molecule has 32 heavy (non-hydrogen) atoms. The van der Waals surface area contributed by atoms with Crippen LogP contribution in [-0.4, -0.2) is 47.8 Å². The molecule has 3 aromatic rings. The van der Waals surface area contributed by atoms with E-state index < -0.39 is 0 Å². The number of carbonyl (C=O) groups excluding carboxylic acids is 2. The Morgan fingerprint density at radius 1 is 0.656 bits per heavy atom. The van der Waals surface area contributed by atoms with Crippen LogP contribution in [0.25, 0.3) is 0 Å². The van der Waals surface area contributed by atoms with Gasteiger partial charge in [0.25, 0.3) is 11.8 Å². The lowest BCUT2D eigenvalue weighted by Crippen LogP contribution is -2.50. The fourth-order valence-electron chi connectivity index (χ4n) is 3.72. The van der Waals surface area contributed by atoms with Crippen molar-refractivity contribution in [2.24, 2.45) is 0 Å². The minimum Gasteiger partial charge on any atom is -0.489 e. The molecule has 5 nitrogen and oxygen atoms in total. The predicted molar refractivity (Wildman–Crippen MR) is 125 cm³/mol. The van der Waals surface area contributed by atoms with Crippen molar-refractivity contribution in [3.05, 3.63) is 101 Å². The summed E-state index contributed by atoms with van der Waals surface area (Å²) in [4.78, 5) is 29.2. The zero-order chi connectivity index (χ0) is 22.5. The summed E-state index contributed by atoms with van der Waals surface area (Å²) in [6.45, 7) is 6.66. The maximum atomic E-state index is 12.9. The van der Waals surface area contributed by atoms with Crippen molar-refractivity contribution >= 4 is 11.8 Å². The van der Waals surface area contributed by atoms with Gasteiger partial charge in [-0.2, -0.15) is 0 Å². The molecule has 0 bridgehead atoms. The van der Waals surface area contributed by atoms with E-state index in [0.29, 0.717) is 43.9 Å². The molecule has 0 atom stereocenters. The number of piperazine rings is 1. The quantitative estimate of drug-likeness (QED) is 0.602. The summed E-state index contributed by atoms with van der Waals surface area (Å²) in [6, 6.07) is 23.1. The first-order chi connectivity index (χ1) is 15.5. The zero-order valence-corrected chi connectivity index (χ0v) is 18.6. The number of hydrogen-bond acceptors (Lipinski definition) is 3. The van der Waals surface area contributed by atoms with Gasteiger partial charge in [-0.15, -0.1) is 0 Å². The second-order valence-corrected chi connectivity index (χ2v) is 8.25. The molecule has 0 aromatic heterocycles. The Kier molecular flexibility index (Phi) is 6.55. The van der Waals surface area contributed by atoms with Crippen LogP contribution in [0.4, 0.5) is 0 Å². The largest absolute Gasteiger partial charge is 0.489 e. The van der Waals surface area contributed by atoms with Crippen LogP contribution in [0, 0.1) is 13.8 Å². The summed E-state index contributed by atoms with van der Waals surface area (Å²) >= 11 is 0. The highest BCUT2D eigenvalue weighted by molar-refractivity contribution is 5.96. The van der Waals surface area contributed by atoms with Crippen molar-refractivity contribution in [3.63, 3.8) is 0 Å². The Balaban J connectivity index is 1.29. The summed E-state index contributed by atoms with van der Waals surface area (Å²) < 4.78 is 5.81. The van der Waals surface area contributed by atoms with E-state index in [-0.39, 0.29) is 11.8 Å². The van der Waals surface area contributed by atoms with E-state index in [0.717, 1.165) is 16.9 Å². The fourth-order valence-corrected chi connectivity index (χ4v) is 3.72. The first kappa shape index (κ1) is 21.6. The van der Waals surface area contributed by atoms with Crippen molar-refractivity contribution in [2.75, 3.05) is 26.2 Å². The Bertz CT molecular complexity index is 1070. The summed E-state index contributed by atoms with van der Waals surface area (Å²) in [5.41, 5.74) is 4.68. The average Bonchev–Trinajstić information content (AvgIpc) is 2.84. The lowest BCUT2D eigenvalue weighted by Gasteiger charge is -2.35. The van der Waals surface area contributed by atoms with Crippen molar-refractivity contribution in [3.8, 4) is 5.75 Å². The van der Waals surface area contributed by atoms with E-state index >= 15 is 0 Å². The van der Waals surface area contributed by atoms with Crippen molar-refractivity contribution in [1.29, 1.82) is 0 Å². The summed E-state index contributed by atoms with van der Waals surface area (Å²) in [5.74, 6) is 0.849. The highest BCUT2D eigenvalue weighted by Gasteiger charge is 2.25. The third-order valence-corrected chi connectivity index (χ3v) is 5.78. The molecule has 0 N–H and O–H groups in total. The van der Waals surface area contributed by atoms with E-state index in [4.69, 9.17) is 4.74 Å². The predicted octanol–water partition coefficient (Wildman–Crippen LogP) is 4.48. The van der Waals surface area contributed by atoms with Gasteiger partial charge in [0.1, 0.15) is 12.4 Å². The summed E-state index contributed by atoms with van der Waals surface area (Å²) in [5, 5.41) is 0. The van der Waals surface area contributed by atoms with E-state index in [9.17, 15) is 9.59 Å². The SMILES string of the molecule is Cc1ccc(OCc2ccc(C(=O)N3CCN(C(=O)c4ccc(C)cc4)CC3)cc2)cc1. The number of ether oxygens (including phenoxy) is 1.